The number of anilines is 1. The molecule has 1 saturated heterocycles. The number of rotatable bonds is 6. The molecule has 1 fully saturated rings. The minimum atomic E-state index is -3.88. The fourth-order valence-electron chi connectivity index (χ4n) is 4.66. The summed E-state index contributed by atoms with van der Waals surface area (Å²) in [6, 6.07) is 17.2. The van der Waals surface area contributed by atoms with Crippen LogP contribution in [0.5, 0.6) is 0 Å². The zero-order valence-electron chi connectivity index (χ0n) is 21.5. The third-order valence-corrected chi connectivity index (χ3v) is 8.17. The highest BCUT2D eigenvalue weighted by Crippen LogP contribution is 2.31. The van der Waals surface area contributed by atoms with E-state index >= 15 is 0 Å². The number of hydrogen-bond donors (Lipinski definition) is 2. The van der Waals surface area contributed by atoms with Gasteiger partial charge in [0.1, 0.15) is 0 Å². The van der Waals surface area contributed by atoms with Crippen LogP contribution in [0.2, 0.25) is 0 Å². The van der Waals surface area contributed by atoms with E-state index in [2.05, 4.69) is 10.0 Å². The van der Waals surface area contributed by atoms with E-state index < -0.39 is 10.0 Å². The van der Waals surface area contributed by atoms with Crippen LogP contribution in [0, 0.1) is 12.8 Å². The Morgan fingerprint density at radius 3 is 2.35 bits per heavy atom. The minimum Gasteiger partial charge on any atom is -0.447 e. The third-order valence-electron chi connectivity index (χ3n) is 6.62. The first kappa shape index (κ1) is 26.6. The van der Waals surface area contributed by atoms with Crippen molar-refractivity contribution in [1.82, 2.24) is 9.62 Å². The van der Waals surface area contributed by atoms with E-state index in [1.54, 1.807) is 55.1 Å². The highest BCUT2D eigenvalue weighted by Gasteiger charge is 2.33. The van der Waals surface area contributed by atoms with E-state index in [1.807, 2.05) is 32.0 Å². The SMILES string of the molecule is Cc1ccccc1C(=O)Nc1ccc(S(=O)(=O)N[C@@H]2CCN(C(=O)OC(C)C)C[C@H]2C)c2ccccc12. The molecule has 0 bridgehead atoms. The Labute approximate surface area is 218 Å². The topological polar surface area (TPSA) is 105 Å². The lowest BCUT2D eigenvalue weighted by Crippen LogP contribution is -2.51. The van der Waals surface area contributed by atoms with Crippen LogP contribution in [-0.4, -0.2) is 50.6 Å². The van der Waals surface area contributed by atoms with Crippen molar-refractivity contribution < 1.29 is 22.7 Å². The first-order valence-electron chi connectivity index (χ1n) is 12.4. The van der Waals surface area contributed by atoms with Gasteiger partial charge in [-0.25, -0.2) is 17.9 Å². The Hall–Kier alpha value is -3.43. The Balaban J connectivity index is 1.55. The molecular formula is C28H33N3O5S. The lowest BCUT2D eigenvalue weighted by Gasteiger charge is -2.36. The van der Waals surface area contributed by atoms with Gasteiger partial charge < -0.3 is 15.0 Å². The largest absolute Gasteiger partial charge is 0.447 e. The van der Waals surface area contributed by atoms with E-state index in [0.717, 1.165) is 5.56 Å². The standard InChI is InChI=1S/C28H33N3O5S/c1-18(2)36-28(33)31-16-15-24(20(4)17-31)30-37(34,35)26-14-13-25(22-11-7-8-12-23(22)26)29-27(32)21-10-6-5-9-19(21)3/h5-14,18,20,24,30H,15-17H2,1-4H3,(H,29,32)/t20-,24-/m1/s1. The van der Waals surface area contributed by atoms with Crippen molar-refractivity contribution in [3.05, 3.63) is 71.8 Å². The Morgan fingerprint density at radius 2 is 1.68 bits per heavy atom. The van der Waals surface area contributed by atoms with Gasteiger partial charge in [-0.2, -0.15) is 0 Å². The molecule has 0 aliphatic carbocycles. The summed E-state index contributed by atoms with van der Waals surface area (Å²) in [5, 5.41) is 4.08. The number of nitrogens with zero attached hydrogens (tertiary/aromatic N) is 1. The second-order valence-electron chi connectivity index (χ2n) is 9.80. The molecule has 1 heterocycles. The lowest BCUT2D eigenvalue weighted by molar-refractivity contribution is 0.0600. The maximum absolute atomic E-state index is 13.5. The smallest absolute Gasteiger partial charge is 0.410 e. The summed E-state index contributed by atoms with van der Waals surface area (Å²) in [6.07, 6.45) is -0.106. The maximum atomic E-state index is 13.5. The van der Waals surface area contributed by atoms with Crippen LogP contribution >= 0.6 is 0 Å². The first-order chi connectivity index (χ1) is 17.6. The molecule has 196 valence electrons. The fraction of sp³-hybridized carbons (Fsp3) is 0.357. The van der Waals surface area contributed by atoms with Gasteiger partial charge in [0.15, 0.2) is 0 Å². The van der Waals surface area contributed by atoms with E-state index in [1.165, 1.54) is 6.07 Å². The molecule has 3 aromatic carbocycles. The number of sulfonamides is 1. The number of carbonyl (C=O) groups is 2. The highest BCUT2D eigenvalue weighted by atomic mass is 32.2. The maximum Gasteiger partial charge on any atom is 0.410 e. The predicted molar refractivity (Wildman–Crippen MR) is 144 cm³/mol. The molecule has 1 aliphatic heterocycles. The van der Waals surface area contributed by atoms with Gasteiger partial charge in [0, 0.05) is 41.2 Å². The number of aryl methyl sites for hydroxylation is 1. The molecule has 37 heavy (non-hydrogen) atoms. The van der Waals surface area contributed by atoms with Crippen molar-refractivity contribution >= 4 is 38.5 Å². The van der Waals surface area contributed by atoms with Crippen LogP contribution in [-0.2, 0) is 14.8 Å². The molecule has 2 N–H and O–H groups in total. The van der Waals surface area contributed by atoms with Crippen molar-refractivity contribution in [3.63, 3.8) is 0 Å². The van der Waals surface area contributed by atoms with Crippen LogP contribution in [0.15, 0.2) is 65.6 Å². The van der Waals surface area contributed by atoms with Crippen LogP contribution < -0.4 is 10.0 Å². The highest BCUT2D eigenvalue weighted by molar-refractivity contribution is 7.89. The van der Waals surface area contributed by atoms with E-state index in [0.29, 0.717) is 41.5 Å². The molecule has 1 aliphatic rings. The van der Waals surface area contributed by atoms with Crippen LogP contribution in [0.25, 0.3) is 10.8 Å². The molecule has 0 saturated carbocycles. The molecule has 3 aromatic rings. The number of piperidine rings is 1. The fourth-order valence-corrected chi connectivity index (χ4v) is 6.25. The molecule has 9 heteroatoms. The van der Waals surface area contributed by atoms with E-state index in [-0.39, 0.29) is 35.0 Å². The summed E-state index contributed by atoms with van der Waals surface area (Å²) in [7, 11) is -3.88. The summed E-state index contributed by atoms with van der Waals surface area (Å²) in [5.41, 5.74) is 1.95. The molecule has 4 rings (SSSR count). The Bertz CT molecular complexity index is 1420. The van der Waals surface area contributed by atoms with Gasteiger partial charge in [0.05, 0.1) is 11.0 Å². The quantitative estimate of drug-likeness (QED) is 0.477. The summed E-state index contributed by atoms with van der Waals surface area (Å²) in [5.74, 6) is -0.351. The molecule has 0 spiro atoms. The summed E-state index contributed by atoms with van der Waals surface area (Å²) in [6.45, 7) is 8.20. The van der Waals surface area contributed by atoms with Crippen LogP contribution in [0.1, 0.15) is 43.1 Å². The molecule has 2 atom stereocenters. The Morgan fingerprint density at radius 1 is 1.00 bits per heavy atom. The van der Waals surface area contributed by atoms with E-state index in [9.17, 15) is 18.0 Å². The zero-order chi connectivity index (χ0) is 26.7. The molecule has 0 radical (unpaired) electrons. The van der Waals surface area contributed by atoms with Crippen molar-refractivity contribution in [2.45, 2.75) is 51.2 Å². The number of nitrogens with one attached hydrogen (secondary N) is 2. The number of ether oxygens (including phenoxy) is 1. The van der Waals surface area contributed by atoms with Gasteiger partial charge >= 0.3 is 6.09 Å². The minimum absolute atomic E-state index is 0.0952. The summed E-state index contributed by atoms with van der Waals surface area (Å²) in [4.78, 5) is 26.9. The number of amides is 2. The average molecular weight is 524 g/mol. The third kappa shape index (κ3) is 5.94. The number of benzene rings is 3. The number of hydrogen-bond acceptors (Lipinski definition) is 5. The van der Waals surface area contributed by atoms with Crippen molar-refractivity contribution in [1.29, 1.82) is 0 Å². The number of likely N-dealkylation sites (tertiary alicyclic amines) is 1. The number of fused-ring (bicyclic) bond motifs is 1. The van der Waals surface area contributed by atoms with Gasteiger partial charge in [-0.05, 0) is 56.9 Å². The molecule has 0 unspecified atom stereocenters. The van der Waals surface area contributed by atoms with Crippen LogP contribution in [0.3, 0.4) is 0 Å². The normalized spacial score (nSPS) is 18.1. The monoisotopic (exact) mass is 523 g/mol. The lowest BCUT2D eigenvalue weighted by atomic mass is 9.95. The van der Waals surface area contributed by atoms with Gasteiger partial charge in [-0.3, -0.25) is 4.79 Å². The van der Waals surface area contributed by atoms with Gasteiger partial charge in [0.25, 0.3) is 5.91 Å². The zero-order valence-corrected chi connectivity index (χ0v) is 22.3. The molecule has 2 amide bonds. The van der Waals surface area contributed by atoms with E-state index in [4.69, 9.17) is 4.74 Å². The average Bonchev–Trinajstić information content (AvgIpc) is 2.85. The van der Waals surface area contributed by atoms with Crippen molar-refractivity contribution in [3.8, 4) is 0 Å². The van der Waals surface area contributed by atoms with Gasteiger partial charge in [0.2, 0.25) is 10.0 Å². The predicted octanol–water partition coefficient (Wildman–Crippen LogP) is 4.93. The van der Waals surface area contributed by atoms with Crippen LogP contribution in [0.4, 0.5) is 10.5 Å². The second-order valence-corrected chi connectivity index (χ2v) is 11.5. The summed E-state index contributed by atoms with van der Waals surface area (Å²) >= 11 is 0. The molecular weight excluding hydrogens is 490 g/mol. The molecule has 0 aromatic heterocycles. The first-order valence-corrected chi connectivity index (χ1v) is 13.9. The van der Waals surface area contributed by atoms with Crippen molar-refractivity contribution in [2.75, 3.05) is 18.4 Å². The summed E-state index contributed by atoms with van der Waals surface area (Å²) < 4.78 is 35.2. The molecule has 8 nitrogen and oxygen atoms in total. The van der Waals surface area contributed by atoms with Gasteiger partial charge in [-0.15, -0.1) is 0 Å². The number of carbonyl (C=O) groups excluding carboxylic acids is 2. The van der Waals surface area contributed by atoms with Gasteiger partial charge in [-0.1, -0.05) is 49.4 Å². The Kier molecular flexibility index (Phi) is 7.85. The second kappa shape index (κ2) is 10.9. The van der Waals surface area contributed by atoms with Crippen molar-refractivity contribution in [2.24, 2.45) is 5.92 Å².